The van der Waals surface area contributed by atoms with Gasteiger partial charge in [-0.25, -0.2) is 0 Å². The van der Waals surface area contributed by atoms with E-state index in [1.807, 2.05) is 13.8 Å². The van der Waals surface area contributed by atoms with Crippen LogP contribution in [0.2, 0.25) is 0 Å². The molecule has 0 aromatic heterocycles. The first kappa shape index (κ1) is 22.7. The van der Waals surface area contributed by atoms with Gasteiger partial charge >= 0.3 is 0 Å². The molecule has 52 valence electrons. The van der Waals surface area contributed by atoms with Crippen molar-refractivity contribution in [3.8, 4) is 0 Å². The Morgan fingerprint density at radius 2 is 1.25 bits per heavy atom. The van der Waals surface area contributed by atoms with Crippen molar-refractivity contribution >= 4 is 24.8 Å². The van der Waals surface area contributed by atoms with Crippen LogP contribution in [0.25, 0.3) is 5.32 Å². The molecule has 0 fully saturated rings. The van der Waals surface area contributed by atoms with Gasteiger partial charge in [0.2, 0.25) is 0 Å². The average molecular weight is 236 g/mol. The Kier molecular flexibility index (Phi) is 67.4. The molecule has 0 aliphatic carbocycles. The molecular formula is C4H12Cl2NZr-. The maximum absolute atomic E-state index is 3.97. The maximum Gasteiger partial charge on any atom is 0 e. The van der Waals surface area contributed by atoms with Gasteiger partial charge in [0, 0.05) is 26.2 Å². The van der Waals surface area contributed by atoms with Gasteiger partial charge in [-0.3, -0.25) is 0 Å². The molecule has 4 heteroatoms. The predicted octanol–water partition coefficient (Wildman–Crippen LogP) is 2.24. The molecule has 0 N–H and O–H groups in total. The Bertz CT molecular complexity index is 21.5. The number of hydrogen-bond acceptors (Lipinski definition) is 0. The van der Waals surface area contributed by atoms with Crippen LogP contribution in [0.15, 0.2) is 0 Å². The van der Waals surface area contributed by atoms with Crippen molar-refractivity contribution in [2.45, 2.75) is 13.8 Å². The van der Waals surface area contributed by atoms with Gasteiger partial charge < -0.3 is 5.32 Å². The molecule has 0 atom stereocenters. The molecule has 0 aliphatic heterocycles. The number of rotatable bonds is 2. The number of hydrogen-bond donors (Lipinski definition) is 0. The third-order valence-corrected chi connectivity index (χ3v) is 0.447. The van der Waals surface area contributed by atoms with E-state index in [2.05, 4.69) is 5.32 Å². The molecule has 8 heavy (non-hydrogen) atoms. The summed E-state index contributed by atoms with van der Waals surface area (Å²) in [5.41, 5.74) is 0. The minimum atomic E-state index is 0. The molecule has 0 aliphatic rings. The van der Waals surface area contributed by atoms with Gasteiger partial charge in [-0.2, -0.15) is 13.1 Å². The minimum Gasteiger partial charge on any atom is -0.663 e. The standard InChI is InChI=1S/C4H10N.2ClH.Zr/c1-3-5-4-2;;;/h3-4H2,1-2H3;2*1H;/q-1;;;. The van der Waals surface area contributed by atoms with Crippen LogP contribution in [0, 0.1) is 0 Å². The van der Waals surface area contributed by atoms with E-state index in [1.54, 1.807) is 0 Å². The van der Waals surface area contributed by atoms with Crippen molar-refractivity contribution in [1.29, 1.82) is 0 Å². The topological polar surface area (TPSA) is 14.1 Å². The number of halogens is 2. The molecule has 0 unspecified atom stereocenters. The van der Waals surface area contributed by atoms with Crippen LogP contribution in [0.1, 0.15) is 13.8 Å². The zero-order chi connectivity index (χ0) is 4.12. The van der Waals surface area contributed by atoms with Crippen molar-refractivity contribution in [2.75, 3.05) is 13.1 Å². The van der Waals surface area contributed by atoms with E-state index < -0.39 is 0 Å². The van der Waals surface area contributed by atoms with Crippen molar-refractivity contribution < 1.29 is 26.2 Å². The van der Waals surface area contributed by atoms with E-state index in [1.165, 1.54) is 0 Å². The average Bonchev–Trinajstić information content (AvgIpc) is 1.41. The Labute approximate surface area is 82.9 Å². The second-order valence-electron chi connectivity index (χ2n) is 0.856. The van der Waals surface area contributed by atoms with E-state index in [9.17, 15) is 0 Å². The third-order valence-electron chi connectivity index (χ3n) is 0.447. The summed E-state index contributed by atoms with van der Waals surface area (Å²) in [5, 5.41) is 3.97. The van der Waals surface area contributed by atoms with Gasteiger partial charge in [0.1, 0.15) is 0 Å². The van der Waals surface area contributed by atoms with Crippen LogP contribution in [0.4, 0.5) is 0 Å². The fourth-order valence-electron chi connectivity index (χ4n) is 0.224. The van der Waals surface area contributed by atoms with E-state index in [4.69, 9.17) is 0 Å². The van der Waals surface area contributed by atoms with Crippen LogP contribution in [-0.4, -0.2) is 13.1 Å². The maximum atomic E-state index is 3.97. The second-order valence-corrected chi connectivity index (χ2v) is 0.856. The van der Waals surface area contributed by atoms with Gasteiger partial charge in [-0.05, 0) is 0 Å². The van der Waals surface area contributed by atoms with Crippen LogP contribution >= 0.6 is 24.8 Å². The van der Waals surface area contributed by atoms with Gasteiger partial charge in [0.15, 0.2) is 0 Å². The molecule has 0 bridgehead atoms. The number of nitrogens with zero attached hydrogens (tertiary/aromatic N) is 1. The summed E-state index contributed by atoms with van der Waals surface area (Å²) in [5.74, 6) is 0. The smallest absolute Gasteiger partial charge is 0 e. The zero-order valence-electron chi connectivity index (χ0n) is 5.18. The largest absolute Gasteiger partial charge is 0.663 e. The molecule has 0 spiro atoms. The molecule has 0 radical (unpaired) electrons. The van der Waals surface area contributed by atoms with Crippen LogP contribution < -0.4 is 0 Å². The third kappa shape index (κ3) is 26.1. The molecule has 0 heterocycles. The summed E-state index contributed by atoms with van der Waals surface area (Å²) < 4.78 is 0. The minimum absolute atomic E-state index is 0. The Balaban J connectivity index is -0.0000000267. The summed E-state index contributed by atoms with van der Waals surface area (Å²) >= 11 is 0. The van der Waals surface area contributed by atoms with E-state index in [0.29, 0.717) is 0 Å². The van der Waals surface area contributed by atoms with Crippen molar-refractivity contribution in [2.24, 2.45) is 0 Å². The summed E-state index contributed by atoms with van der Waals surface area (Å²) in [6, 6.07) is 0. The molecule has 0 aromatic rings. The second kappa shape index (κ2) is 23.7. The summed E-state index contributed by atoms with van der Waals surface area (Å²) in [7, 11) is 0. The predicted molar refractivity (Wildman–Crippen MR) is 38.9 cm³/mol. The van der Waals surface area contributed by atoms with E-state index >= 15 is 0 Å². The Hall–Kier alpha value is 1.42. The zero-order valence-corrected chi connectivity index (χ0v) is 9.27. The first-order chi connectivity index (χ1) is 2.41. The molecule has 0 aromatic carbocycles. The molecule has 0 saturated carbocycles. The Morgan fingerprint density at radius 3 is 1.25 bits per heavy atom. The molecule has 0 amide bonds. The molecule has 0 saturated heterocycles. The summed E-state index contributed by atoms with van der Waals surface area (Å²) in [6.07, 6.45) is 0. The van der Waals surface area contributed by atoms with Gasteiger partial charge in [0.05, 0.1) is 0 Å². The quantitative estimate of drug-likeness (QED) is 0.698. The van der Waals surface area contributed by atoms with Gasteiger partial charge in [-0.1, -0.05) is 13.8 Å². The molecule has 0 rings (SSSR count). The normalized spacial score (nSPS) is 5.25. The Morgan fingerprint density at radius 1 is 1.00 bits per heavy atom. The first-order valence-electron chi connectivity index (χ1n) is 2.05. The van der Waals surface area contributed by atoms with Crippen LogP contribution in [0.3, 0.4) is 0 Å². The van der Waals surface area contributed by atoms with Crippen molar-refractivity contribution in [3.05, 3.63) is 5.32 Å². The first-order valence-corrected chi connectivity index (χ1v) is 2.05. The van der Waals surface area contributed by atoms with Crippen molar-refractivity contribution in [1.82, 2.24) is 0 Å². The summed E-state index contributed by atoms with van der Waals surface area (Å²) in [6.45, 7) is 6.03. The van der Waals surface area contributed by atoms with E-state index in [-0.39, 0.29) is 51.0 Å². The SMILES string of the molecule is CC[N-]CC.Cl.Cl.[Zr]. The fraction of sp³-hybridized carbons (Fsp3) is 1.00. The molecule has 1 nitrogen and oxygen atoms in total. The summed E-state index contributed by atoms with van der Waals surface area (Å²) in [4.78, 5) is 0. The van der Waals surface area contributed by atoms with Crippen LogP contribution in [-0.2, 0) is 26.2 Å². The van der Waals surface area contributed by atoms with Crippen molar-refractivity contribution in [3.63, 3.8) is 0 Å². The van der Waals surface area contributed by atoms with Crippen LogP contribution in [0.5, 0.6) is 0 Å². The fourth-order valence-corrected chi connectivity index (χ4v) is 0.224. The van der Waals surface area contributed by atoms with Gasteiger partial charge in [0.25, 0.3) is 0 Å². The molecular weight excluding hydrogens is 224 g/mol. The van der Waals surface area contributed by atoms with E-state index in [0.717, 1.165) is 13.1 Å². The monoisotopic (exact) mass is 234 g/mol. The van der Waals surface area contributed by atoms with Gasteiger partial charge in [-0.15, -0.1) is 24.8 Å².